The van der Waals surface area contributed by atoms with E-state index in [0.29, 0.717) is 5.02 Å². The number of rotatable bonds is 5. The van der Waals surface area contributed by atoms with Gasteiger partial charge in [0.05, 0.1) is 6.21 Å². The Kier molecular flexibility index (Phi) is 6.67. The molecule has 1 aliphatic rings. The number of carbonyl (C=O) groups is 1. The van der Waals surface area contributed by atoms with Gasteiger partial charge in [-0.15, -0.1) is 0 Å². The Labute approximate surface area is 163 Å². The molecule has 1 amide bonds. The van der Waals surface area contributed by atoms with Gasteiger partial charge in [0.15, 0.2) is 0 Å². The Hall–Kier alpha value is -1.88. The van der Waals surface area contributed by atoms with E-state index in [1.807, 2.05) is 36.4 Å². The number of nitrogens with zero attached hydrogens (tertiary/aromatic N) is 2. The number of hydrazone groups is 1. The van der Waals surface area contributed by atoms with Crippen molar-refractivity contribution in [1.29, 1.82) is 0 Å². The Morgan fingerprint density at radius 2 is 1.85 bits per heavy atom. The number of nitrogens with one attached hydrogen (secondary N) is 1. The lowest BCUT2D eigenvalue weighted by Crippen LogP contribution is -2.39. The molecule has 6 heteroatoms. The molecule has 26 heavy (non-hydrogen) atoms. The van der Waals surface area contributed by atoms with Crippen LogP contribution in [0.3, 0.4) is 0 Å². The maximum absolute atomic E-state index is 12.3. The van der Waals surface area contributed by atoms with E-state index >= 15 is 0 Å². The van der Waals surface area contributed by atoms with E-state index in [9.17, 15) is 4.79 Å². The number of carbonyl (C=O) groups excluding carboxylic acids is 1. The molecule has 0 atom stereocenters. The molecule has 0 radical (unpaired) electrons. The minimum atomic E-state index is -0.0191. The largest absolute Gasteiger partial charge is 0.299 e. The number of hydrogen-bond donors (Lipinski definition) is 1. The van der Waals surface area contributed by atoms with E-state index in [1.165, 1.54) is 5.56 Å². The first-order valence-electron chi connectivity index (χ1n) is 8.65. The predicted octanol–water partition coefficient (Wildman–Crippen LogP) is 4.36. The molecule has 2 aromatic carbocycles. The number of amides is 1. The molecule has 0 saturated carbocycles. The molecule has 0 aliphatic carbocycles. The van der Waals surface area contributed by atoms with Gasteiger partial charge < -0.3 is 0 Å². The Morgan fingerprint density at radius 3 is 2.54 bits per heavy atom. The molecule has 1 saturated heterocycles. The second-order valence-corrected chi connectivity index (χ2v) is 7.34. The molecule has 1 heterocycles. The van der Waals surface area contributed by atoms with Gasteiger partial charge in [-0.25, -0.2) is 5.43 Å². The van der Waals surface area contributed by atoms with Gasteiger partial charge in [0.25, 0.3) is 0 Å². The fourth-order valence-corrected chi connectivity index (χ4v) is 3.37. The fourth-order valence-electron chi connectivity index (χ4n) is 3.05. The molecular formula is C20H21Cl2N3O. The highest BCUT2D eigenvalue weighted by Gasteiger charge is 2.24. The van der Waals surface area contributed by atoms with Gasteiger partial charge in [-0.2, -0.15) is 5.10 Å². The molecule has 2 aromatic rings. The summed E-state index contributed by atoms with van der Waals surface area (Å²) in [5.74, 6) is -0.0117. The van der Waals surface area contributed by atoms with Crippen molar-refractivity contribution >= 4 is 35.3 Å². The maximum Gasteiger partial charge on any atom is 0.243 e. The van der Waals surface area contributed by atoms with Crippen molar-refractivity contribution < 1.29 is 4.79 Å². The van der Waals surface area contributed by atoms with Crippen molar-refractivity contribution in [3.8, 4) is 0 Å². The van der Waals surface area contributed by atoms with Gasteiger partial charge in [-0.1, -0.05) is 47.5 Å². The van der Waals surface area contributed by atoms with Gasteiger partial charge in [-0.05, 0) is 61.3 Å². The zero-order valence-corrected chi connectivity index (χ0v) is 15.9. The van der Waals surface area contributed by atoms with Crippen molar-refractivity contribution in [3.63, 3.8) is 0 Å². The third kappa shape index (κ3) is 5.56. The van der Waals surface area contributed by atoms with Crippen molar-refractivity contribution in [3.05, 3.63) is 69.7 Å². The van der Waals surface area contributed by atoms with Crippen LogP contribution in [0.4, 0.5) is 0 Å². The van der Waals surface area contributed by atoms with E-state index in [0.717, 1.165) is 43.1 Å². The fraction of sp³-hybridized carbons (Fsp3) is 0.300. The van der Waals surface area contributed by atoms with E-state index in [1.54, 1.807) is 18.3 Å². The molecule has 1 fully saturated rings. The SMILES string of the molecule is O=C(N/N=C\c1cccc(Cl)c1)C1CCN(Cc2ccc(Cl)cc2)CC1. The molecule has 0 unspecified atom stereocenters. The second-order valence-electron chi connectivity index (χ2n) is 6.47. The van der Waals surface area contributed by atoms with Gasteiger partial charge >= 0.3 is 0 Å². The van der Waals surface area contributed by atoms with Crippen LogP contribution in [0.15, 0.2) is 53.6 Å². The molecule has 136 valence electrons. The summed E-state index contributed by atoms with van der Waals surface area (Å²) in [4.78, 5) is 14.6. The average molecular weight is 390 g/mol. The lowest BCUT2D eigenvalue weighted by molar-refractivity contribution is -0.126. The zero-order chi connectivity index (χ0) is 18.4. The Bertz CT molecular complexity index is 769. The Balaban J connectivity index is 1.43. The van der Waals surface area contributed by atoms with Gasteiger partial charge in [0.2, 0.25) is 5.91 Å². The smallest absolute Gasteiger partial charge is 0.243 e. The van der Waals surface area contributed by atoms with Gasteiger partial charge in [0, 0.05) is 22.5 Å². The summed E-state index contributed by atoms with van der Waals surface area (Å²) in [5, 5.41) is 5.44. The van der Waals surface area contributed by atoms with Crippen LogP contribution in [0, 0.1) is 5.92 Å². The molecule has 0 spiro atoms. The number of hydrogen-bond acceptors (Lipinski definition) is 3. The van der Waals surface area contributed by atoms with Crippen molar-refractivity contribution in [2.24, 2.45) is 11.0 Å². The molecule has 1 N–H and O–H groups in total. The first-order chi connectivity index (χ1) is 12.6. The quantitative estimate of drug-likeness (QED) is 0.609. The summed E-state index contributed by atoms with van der Waals surface area (Å²) >= 11 is 11.8. The van der Waals surface area contributed by atoms with Crippen LogP contribution in [-0.2, 0) is 11.3 Å². The molecular weight excluding hydrogens is 369 g/mol. The summed E-state index contributed by atoms with van der Waals surface area (Å²) in [6.07, 6.45) is 3.29. The van der Waals surface area contributed by atoms with E-state index in [2.05, 4.69) is 15.4 Å². The monoisotopic (exact) mass is 389 g/mol. The van der Waals surface area contributed by atoms with Crippen molar-refractivity contribution in [2.45, 2.75) is 19.4 Å². The van der Waals surface area contributed by atoms with Crippen LogP contribution >= 0.6 is 23.2 Å². The highest BCUT2D eigenvalue weighted by Crippen LogP contribution is 2.20. The first kappa shape index (κ1) is 18.9. The highest BCUT2D eigenvalue weighted by atomic mass is 35.5. The van der Waals surface area contributed by atoms with Crippen molar-refractivity contribution in [1.82, 2.24) is 10.3 Å². The number of halogens is 2. The lowest BCUT2D eigenvalue weighted by atomic mass is 9.96. The summed E-state index contributed by atoms with van der Waals surface area (Å²) in [6.45, 7) is 2.69. The third-order valence-electron chi connectivity index (χ3n) is 4.51. The number of piperidine rings is 1. The Morgan fingerprint density at radius 1 is 1.12 bits per heavy atom. The molecule has 0 bridgehead atoms. The highest BCUT2D eigenvalue weighted by molar-refractivity contribution is 6.31. The van der Waals surface area contributed by atoms with Crippen LogP contribution in [0.5, 0.6) is 0 Å². The molecule has 0 aromatic heterocycles. The predicted molar refractivity (Wildman–Crippen MR) is 107 cm³/mol. The summed E-state index contributed by atoms with van der Waals surface area (Å²) < 4.78 is 0. The lowest BCUT2D eigenvalue weighted by Gasteiger charge is -2.30. The van der Waals surface area contributed by atoms with Crippen LogP contribution in [0.2, 0.25) is 10.0 Å². The summed E-state index contributed by atoms with van der Waals surface area (Å²) in [6, 6.07) is 15.3. The molecule has 1 aliphatic heterocycles. The first-order valence-corrected chi connectivity index (χ1v) is 9.41. The normalized spacial score (nSPS) is 16.1. The van der Waals surface area contributed by atoms with Gasteiger partial charge in [-0.3, -0.25) is 9.69 Å². The molecule has 3 rings (SSSR count). The minimum Gasteiger partial charge on any atom is -0.299 e. The zero-order valence-electron chi connectivity index (χ0n) is 14.4. The van der Waals surface area contributed by atoms with Crippen LogP contribution in [0.1, 0.15) is 24.0 Å². The second kappa shape index (κ2) is 9.17. The van der Waals surface area contributed by atoms with Crippen LogP contribution in [0.25, 0.3) is 0 Å². The van der Waals surface area contributed by atoms with Crippen LogP contribution in [-0.4, -0.2) is 30.1 Å². The van der Waals surface area contributed by atoms with E-state index in [4.69, 9.17) is 23.2 Å². The van der Waals surface area contributed by atoms with Crippen molar-refractivity contribution in [2.75, 3.05) is 13.1 Å². The molecule has 4 nitrogen and oxygen atoms in total. The summed E-state index contributed by atoms with van der Waals surface area (Å²) in [7, 11) is 0. The van der Waals surface area contributed by atoms with E-state index < -0.39 is 0 Å². The van der Waals surface area contributed by atoms with E-state index in [-0.39, 0.29) is 11.8 Å². The van der Waals surface area contributed by atoms with Gasteiger partial charge in [0.1, 0.15) is 0 Å². The number of benzene rings is 2. The third-order valence-corrected chi connectivity index (χ3v) is 5.00. The number of likely N-dealkylation sites (tertiary alicyclic amines) is 1. The summed E-state index contributed by atoms with van der Waals surface area (Å²) in [5.41, 5.74) is 4.74. The topological polar surface area (TPSA) is 44.7 Å². The average Bonchev–Trinajstić information content (AvgIpc) is 2.64. The minimum absolute atomic E-state index is 0.00739. The standard InChI is InChI=1S/C20H21Cl2N3O/c21-18-6-4-15(5-7-18)14-25-10-8-17(9-11-25)20(26)24-23-13-16-2-1-3-19(22)12-16/h1-7,12-13,17H,8-11,14H2,(H,24,26)/b23-13-. The maximum atomic E-state index is 12.3. The van der Waals surface area contributed by atoms with Crippen LogP contribution < -0.4 is 5.43 Å².